The van der Waals surface area contributed by atoms with Gasteiger partial charge in [-0.1, -0.05) is 45.9 Å². The van der Waals surface area contributed by atoms with E-state index in [9.17, 15) is 5.11 Å². The summed E-state index contributed by atoms with van der Waals surface area (Å²) in [6.45, 7) is 10.9. The number of hydrogen-bond acceptors (Lipinski definition) is 2. The fourth-order valence-electron chi connectivity index (χ4n) is 3.58. The Bertz CT molecular complexity index is 620. The molecule has 2 heteroatoms. The Hall–Kier alpha value is -1.28. The Labute approximate surface area is 114 Å². The van der Waals surface area contributed by atoms with Gasteiger partial charge in [0.2, 0.25) is 0 Å². The Morgan fingerprint density at radius 2 is 1.79 bits per heavy atom. The molecular formula is C17H22O2. The van der Waals surface area contributed by atoms with Gasteiger partial charge in [0.1, 0.15) is 17.4 Å². The molecule has 0 saturated heterocycles. The van der Waals surface area contributed by atoms with Crippen LogP contribution in [0, 0.1) is 23.7 Å². The number of hydrogen-bond donors (Lipinski definition) is 1. The highest BCUT2D eigenvalue weighted by Gasteiger charge is 2.67. The number of benzene rings is 1. The van der Waals surface area contributed by atoms with Gasteiger partial charge in [0.05, 0.1) is 0 Å². The summed E-state index contributed by atoms with van der Waals surface area (Å²) in [4.78, 5) is 0. The molecule has 102 valence electrons. The van der Waals surface area contributed by atoms with E-state index in [0.717, 1.165) is 16.5 Å². The third kappa shape index (κ3) is 1.59. The SMILES string of the molecule is Cc1cccc2cc(C(O)C3C(C)(C)C3(C)C)oc12. The van der Waals surface area contributed by atoms with Crippen LogP contribution in [0.15, 0.2) is 28.7 Å². The molecule has 1 aromatic carbocycles. The van der Waals surface area contributed by atoms with E-state index in [1.807, 2.05) is 31.2 Å². The molecule has 1 unspecified atom stereocenters. The van der Waals surface area contributed by atoms with Crippen LogP contribution in [0.4, 0.5) is 0 Å². The summed E-state index contributed by atoms with van der Waals surface area (Å²) in [6, 6.07) is 8.07. The van der Waals surface area contributed by atoms with Crippen molar-refractivity contribution in [1.29, 1.82) is 0 Å². The first-order chi connectivity index (χ1) is 8.76. The van der Waals surface area contributed by atoms with Crippen molar-refractivity contribution in [3.8, 4) is 0 Å². The molecule has 2 nitrogen and oxygen atoms in total. The molecule has 0 radical (unpaired) electrons. The van der Waals surface area contributed by atoms with Crippen LogP contribution in [0.2, 0.25) is 0 Å². The summed E-state index contributed by atoms with van der Waals surface area (Å²) in [5.41, 5.74) is 2.32. The molecule has 0 spiro atoms. The second kappa shape index (κ2) is 3.63. The first-order valence-electron chi connectivity index (χ1n) is 6.94. The van der Waals surface area contributed by atoms with Crippen LogP contribution in [0.3, 0.4) is 0 Å². The maximum atomic E-state index is 10.6. The van der Waals surface area contributed by atoms with Gasteiger partial charge in [-0.05, 0) is 29.4 Å². The van der Waals surface area contributed by atoms with Crippen LogP contribution in [-0.4, -0.2) is 5.11 Å². The van der Waals surface area contributed by atoms with Gasteiger partial charge in [0.15, 0.2) is 0 Å². The normalized spacial score (nSPS) is 22.6. The van der Waals surface area contributed by atoms with Crippen molar-refractivity contribution in [3.63, 3.8) is 0 Å². The van der Waals surface area contributed by atoms with Gasteiger partial charge in [-0.2, -0.15) is 0 Å². The van der Waals surface area contributed by atoms with E-state index >= 15 is 0 Å². The van der Waals surface area contributed by atoms with Crippen molar-refractivity contribution in [2.45, 2.75) is 40.7 Å². The molecule has 1 N–H and O–H groups in total. The summed E-state index contributed by atoms with van der Waals surface area (Å²) in [5.74, 6) is 0.953. The van der Waals surface area contributed by atoms with Gasteiger partial charge >= 0.3 is 0 Å². The molecule has 1 aliphatic rings. The van der Waals surface area contributed by atoms with E-state index in [2.05, 4.69) is 27.7 Å². The van der Waals surface area contributed by atoms with E-state index < -0.39 is 6.10 Å². The molecule has 1 fully saturated rings. The zero-order valence-corrected chi connectivity index (χ0v) is 12.3. The van der Waals surface area contributed by atoms with Crippen LogP contribution in [0.5, 0.6) is 0 Å². The standard InChI is InChI=1S/C17H22O2/c1-10-7-6-8-11-9-12(19-14(10)11)13(18)15-16(2,3)17(15,4)5/h6-9,13,15,18H,1-5H3. The minimum absolute atomic E-state index is 0.153. The molecule has 1 aromatic heterocycles. The summed E-state index contributed by atoms with van der Waals surface area (Å²) < 4.78 is 5.90. The number of aliphatic hydroxyl groups is 1. The van der Waals surface area contributed by atoms with Crippen LogP contribution in [0.1, 0.15) is 45.1 Å². The fourth-order valence-corrected chi connectivity index (χ4v) is 3.58. The van der Waals surface area contributed by atoms with Crippen LogP contribution in [-0.2, 0) is 0 Å². The van der Waals surface area contributed by atoms with Gasteiger partial charge in [-0.3, -0.25) is 0 Å². The molecule has 19 heavy (non-hydrogen) atoms. The molecule has 1 saturated carbocycles. The zero-order chi connectivity index (χ0) is 14.0. The summed E-state index contributed by atoms with van der Waals surface area (Å²) >= 11 is 0. The van der Waals surface area contributed by atoms with Crippen molar-refractivity contribution < 1.29 is 9.52 Å². The molecule has 1 aliphatic carbocycles. The van der Waals surface area contributed by atoms with Crippen LogP contribution >= 0.6 is 0 Å². The van der Waals surface area contributed by atoms with Gasteiger partial charge in [-0.15, -0.1) is 0 Å². The molecule has 2 aromatic rings. The molecule has 0 bridgehead atoms. The first-order valence-corrected chi connectivity index (χ1v) is 6.94. The molecule has 0 amide bonds. The largest absolute Gasteiger partial charge is 0.458 e. The van der Waals surface area contributed by atoms with Crippen molar-refractivity contribution >= 4 is 11.0 Å². The van der Waals surface area contributed by atoms with E-state index in [1.165, 1.54) is 0 Å². The molecular weight excluding hydrogens is 236 g/mol. The topological polar surface area (TPSA) is 33.4 Å². The van der Waals surface area contributed by atoms with Crippen molar-refractivity contribution in [2.24, 2.45) is 16.7 Å². The highest BCUT2D eigenvalue weighted by molar-refractivity contribution is 5.81. The van der Waals surface area contributed by atoms with Gasteiger partial charge in [0, 0.05) is 11.3 Å². The zero-order valence-electron chi connectivity index (χ0n) is 12.3. The molecule has 3 rings (SSSR count). The highest BCUT2D eigenvalue weighted by atomic mass is 16.4. The van der Waals surface area contributed by atoms with Gasteiger partial charge in [0.25, 0.3) is 0 Å². The van der Waals surface area contributed by atoms with E-state index in [1.54, 1.807) is 0 Å². The lowest BCUT2D eigenvalue weighted by Crippen LogP contribution is -2.04. The van der Waals surface area contributed by atoms with E-state index in [-0.39, 0.29) is 16.7 Å². The Balaban J connectivity index is 2.00. The lowest BCUT2D eigenvalue weighted by molar-refractivity contribution is 0.108. The summed E-state index contributed by atoms with van der Waals surface area (Å²) in [7, 11) is 0. The minimum Gasteiger partial charge on any atom is -0.458 e. The monoisotopic (exact) mass is 258 g/mol. The fraction of sp³-hybridized carbons (Fsp3) is 0.529. The second-order valence-corrected chi connectivity index (χ2v) is 7.01. The number of rotatable bonds is 2. The maximum absolute atomic E-state index is 10.6. The summed E-state index contributed by atoms with van der Waals surface area (Å²) in [5, 5.41) is 11.7. The number of fused-ring (bicyclic) bond motifs is 1. The highest BCUT2D eigenvalue weighted by Crippen LogP contribution is 2.72. The quantitative estimate of drug-likeness (QED) is 0.863. The minimum atomic E-state index is -0.517. The molecule has 1 atom stereocenters. The van der Waals surface area contributed by atoms with Crippen molar-refractivity contribution in [2.75, 3.05) is 0 Å². The van der Waals surface area contributed by atoms with Crippen LogP contribution < -0.4 is 0 Å². The second-order valence-electron chi connectivity index (χ2n) is 7.01. The lowest BCUT2D eigenvalue weighted by atomic mass is 10.0. The first kappa shape index (κ1) is 12.7. The number of para-hydroxylation sites is 1. The predicted molar refractivity (Wildman–Crippen MR) is 77.0 cm³/mol. The van der Waals surface area contributed by atoms with E-state index in [4.69, 9.17) is 4.42 Å². The average molecular weight is 258 g/mol. The number of aliphatic hydroxyl groups excluding tert-OH is 1. The third-order valence-electron chi connectivity index (χ3n) is 5.50. The van der Waals surface area contributed by atoms with Crippen molar-refractivity contribution in [1.82, 2.24) is 0 Å². The third-order valence-corrected chi connectivity index (χ3v) is 5.50. The van der Waals surface area contributed by atoms with Gasteiger partial charge in [-0.25, -0.2) is 0 Å². The average Bonchev–Trinajstić information content (AvgIpc) is 2.67. The van der Waals surface area contributed by atoms with E-state index in [0.29, 0.717) is 5.76 Å². The predicted octanol–water partition coefficient (Wildman–Crippen LogP) is 4.46. The van der Waals surface area contributed by atoms with Crippen LogP contribution in [0.25, 0.3) is 11.0 Å². The van der Waals surface area contributed by atoms with Crippen molar-refractivity contribution in [3.05, 3.63) is 35.6 Å². The summed E-state index contributed by atoms with van der Waals surface area (Å²) in [6.07, 6.45) is -0.517. The number of aryl methyl sites for hydroxylation is 1. The Kier molecular flexibility index (Phi) is 2.44. The number of furan rings is 1. The lowest BCUT2D eigenvalue weighted by Gasteiger charge is -2.09. The maximum Gasteiger partial charge on any atom is 0.137 e. The molecule has 0 aliphatic heterocycles. The van der Waals surface area contributed by atoms with Gasteiger partial charge < -0.3 is 9.52 Å². The Morgan fingerprint density at radius 1 is 1.16 bits per heavy atom. The molecule has 1 heterocycles. The smallest absolute Gasteiger partial charge is 0.137 e. The Morgan fingerprint density at radius 3 is 2.32 bits per heavy atom.